The van der Waals surface area contributed by atoms with Crippen molar-refractivity contribution in [3.8, 4) is 11.4 Å². The molecule has 1 aromatic carbocycles. The molecule has 7 heteroatoms. The number of ether oxygens (including phenoxy) is 2. The van der Waals surface area contributed by atoms with Gasteiger partial charge in [-0.1, -0.05) is 11.6 Å². The molecule has 0 aliphatic rings. The topological polar surface area (TPSA) is 74.6 Å². The Morgan fingerprint density at radius 3 is 2.65 bits per heavy atom. The van der Waals surface area contributed by atoms with Crippen molar-refractivity contribution in [3.05, 3.63) is 46.7 Å². The van der Waals surface area contributed by atoms with Gasteiger partial charge >= 0.3 is 11.9 Å². The lowest BCUT2D eigenvalue weighted by molar-refractivity contribution is -0.131. The van der Waals surface area contributed by atoms with E-state index in [4.69, 9.17) is 21.1 Å². The molecule has 2 rings (SSSR count). The molecule has 0 saturated heterocycles. The third-order valence-corrected chi connectivity index (χ3v) is 3.12. The second-order valence-electron chi connectivity index (χ2n) is 4.59. The van der Waals surface area contributed by atoms with Crippen molar-refractivity contribution in [2.24, 2.45) is 0 Å². The lowest BCUT2D eigenvalue weighted by Crippen LogP contribution is -2.13. The van der Waals surface area contributed by atoms with E-state index in [1.54, 1.807) is 19.2 Å². The van der Waals surface area contributed by atoms with Crippen LogP contribution in [0.25, 0.3) is 5.69 Å². The van der Waals surface area contributed by atoms with E-state index in [1.165, 1.54) is 29.8 Å². The fourth-order valence-corrected chi connectivity index (χ4v) is 2.23. The minimum atomic E-state index is -0.657. The van der Waals surface area contributed by atoms with Crippen molar-refractivity contribution >= 4 is 29.8 Å². The van der Waals surface area contributed by atoms with Crippen molar-refractivity contribution in [2.45, 2.75) is 13.8 Å². The van der Waals surface area contributed by atoms with Crippen LogP contribution in [-0.2, 0) is 9.53 Å². The van der Waals surface area contributed by atoms with E-state index in [1.807, 2.05) is 0 Å². The monoisotopic (exact) mass is 335 g/mol. The van der Waals surface area contributed by atoms with Crippen LogP contribution in [0.1, 0.15) is 34.6 Å². The van der Waals surface area contributed by atoms with Gasteiger partial charge in [-0.25, -0.2) is 4.79 Å². The van der Waals surface area contributed by atoms with Crippen LogP contribution in [0.5, 0.6) is 5.75 Å². The molecule has 0 N–H and O–H groups in total. The predicted octanol–water partition coefficient (Wildman–Crippen LogP) is 3.05. The Labute approximate surface area is 137 Å². The summed E-state index contributed by atoms with van der Waals surface area (Å²) in [5, 5.41) is 0.264. The number of nitrogens with zero attached hydrogens (tertiary/aromatic N) is 1. The average Bonchev–Trinajstić information content (AvgIpc) is 2.97. The van der Waals surface area contributed by atoms with Crippen LogP contribution in [0, 0.1) is 0 Å². The SMILES string of the molecule is CCOC(=O)c1cc(Cl)cc(-n2ccc(C=O)c2)c1OC(C)=O. The molecule has 6 nitrogen and oxygen atoms in total. The van der Waals surface area contributed by atoms with Crippen LogP contribution < -0.4 is 4.74 Å². The standard InChI is InChI=1S/C16H14ClNO5/c1-3-22-16(21)13-6-12(17)7-14(15(13)23-10(2)20)18-5-4-11(8-18)9-19/h4-9H,3H2,1-2H3. The highest BCUT2D eigenvalue weighted by Gasteiger charge is 2.21. The molecule has 0 radical (unpaired) electrons. The molecule has 0 unspecified atom stereocenters. The van der Waals surface area contributed by atoms with Crippen LogP contribution in [0.15, 0.2) is 30.6 Å². The summed E-state index contributed by atoms with van der Waals surface area (Å²) in [6, 6.07) is 4.47. The maximum Gasteiger partial charge on any atom is 0.342 e. The third-order valence-electron chi connectivity index (χ3n) is 2.91. The van der Waals surface area contributed by atoms with Gasteiger partial charge in [-0.15, -0.1) is 0 Å². The van der Waals surface area contributed by atoms with Crippen molar-refractivity contribution in [1.29, 1.82) is 0 Å². The third kappa shape index (κ3) is 3.78. The molecule has 0 aliphatic carbocycles. The maximum absolute atomic E-state index is 12.1. The number of rotatable bonds is 5. The van der Waals surface area contributed by atoms with Crippen molar-refractivity contribution in [1.82, 2.24) is 4.57 Å². The lowest BCUT2D eigenvalue weighted by Gasteiger charge is -2.14. The predicted molar refractivity (Wildman–Crippen MR) is 83.4 cm³/mol. The van der Waals surface area contributed by atoms with Gasteiger partial charge in [0.1, 0.15) is 5.56 Å². The first kappa shape index (κ1) is 16.8. The molecule has 0 spiro atoms. The Bertz CT molecular complexity index is 766. The zero-order valence-corrected chi connectivity index (χ0v) is 13.3. The Morgan fingerprint density at radius 2 is 2.09 bits per heavy atom. The van der Waals surface area contributed by atoms with E-state index in [-0.39, 0.29) is 22.9 Å². The van der Waals surface area contributed by atoms with Gasteiger partial charge < -0.3 is 14.0 Å². The summed E-state index contributed by atoms with van der Waals surface area (Å²) in [7, 11) is 0. The number of aldehydes is 1. The van der Waals surface area contributed by atoms with Gasteiger partial charge in [-0.2, -0.15) is 0 Å². The molecular formula is C16H14ClNO5. The first-order valence-corrected chi connectivity index (χ1v) is 7.16. The fourth-order valence-electron chi connectivity index (χ4n) is 2.02. The molecule has 120 valence electrons. The highest BCUT2D eigenvalue weighted by molar-refractivity contribution is 6.31. The molecule has 1 aromatic heterocycles. The molecule has 0 bridgehead atoms. The molecule has 0 saturated carbocycles. The number of benzene rings is 1. The number of carbonyl (C=O) groups is 3. The summed E-state index contributed by atoms with van der Waals surface area (Å²) in [6.45, 7) is 3.05. The number of esters is 2. The number of aromatic nitrogens is 1. The highest BCUT2D eigenvalue weighted by Crippen LogP contribution is 2.32. The molecule has 0 amide bonds. The second-order valence-corrected chi connectivity index (χ2v) is 5.02. The minimum absolute atomic E-state index is 0.0217. The van der Waals surface area contributed by atoms with Gasteiger partial charge in [-0.3, -0.25) is 9.59 Å². The Morgan fingerprint density at radius 1 is 1.35 bits per heavy atom. The smallest absolute Gasteiger partial charge is 0.342 e. The van der Waals surface area contributed by atoms with E-state index < -0.39 is 11.9 Å². The Balaban J connectivity index is 2.65. The number of carbonyl (C=O) groups excluding carboxylic acids is 3. The van der Waals surface area contributed by atoms with Gasteiger partial charge in [0.15, 0.2) is 12.0 Å². The zero-order valence-electron chi connectivity index (χ0n) is 12.5. The first-order chi connectivity index (χ1) is 11.0. The average molecular weight is 336 g/mol. The molecule has 1 heterocycles. The van der Waals surface area contributed by atoms with E-state index >= 15 is 0 Å². The summed E-state index contributed by atoms with van der Waals surface area (Å²) in [5.74, 6) is -1.23. The van der Waals surface area contributed by atoms with Gasteiger partial charge in [-0.05, 0) is 25.1 Å². The van der Waals surface area contributed by atoms with Crippen LogP contribution >= 0.6 is 11.6 Å². The summed E-state index contributed by atoms with van der Waals surface area (Å²) in [6.07, 6.45) is 3.80. The summed E-state index contributed by atoms with van der Waals surface area (Å²) < 4.78 is 11.7. The van der Waals surface area contributed by atoms with Gasteiger partial charge in [0.25, 0.3) is 0 Å². The normalized spacial score (nSPS) is 10.2. The molecule has 0 aliphatic heterocycles. The highest BCUT2D eigenvalue weighted by atomic mass is 35.5. The van der Waals surface area contributed by atoms with Crippen molar-refractivity contribution in [2.75, 3.05) is 6.61 Å². The van der Waals surface area contributed by atoms with E-state index in [0.717, 1.165) is 0 Å². The second kappa shape index (κ2) is 7.11. The van der Waals surface area contributed by atoms with Crippen molar-refractivity contribution in [3.63, 3.8) is 0 Å². The van der Waals surface area contributed by atoms with E-state index in [2.05, 4.69) is 0 Å². The number of hydrogen-bond acceptors (Lipinski definition) is 5. The van der Waals surface area contributed by atoms with Crippen LogP contribution in [0.4, 0.5) is 0 Å². The quantitative estimate of drug-likeness (QED) is 0.477. The van der Waals surface area contributed by atoms with Crippen LogP contribution in [0.3, 0.4) is 0 Å². The summed E-state index contributed by atoms with van der Waals surface area (Å²) in [4.78, 5) is 34.4. The molecule has 0 fully saturated rings. The number of hydrogen-bond donors (Lipinski definition) is 0. The summed E-state index contributed by atoms with van der Waals surface area (Å²) in [5.41, 5.74) is 0.811. The first-order valence-electron chi connectivity index (χ1n) is 6.79. The lowest BCUT2D eigenvalue weighted by atomic mass is 10.1. The van der Waals surface area contributed by atoms with E-state index in [9.17, 15) is 14.4 Å². The fraction of sp³-hybridized carbons (Fsp3) is 0.188. The van der Waals surface area contributed by atoms with Crippen LogP contribution in [0.2, 0.25) is 5.02 Å². The molecule has 23 heavy (non-hydrogen) atoms. The van der Waals surface area contributed by atoms with Gasteiger partial charge in [0.05, 0.1) is 12.3 Å². The van der Waals surface area contributed by atoms with Gasteiger partial charge in [0, 0.05) is 29.9 Å². The maximum atomic E-state index is 12.1. The van der Waals surface area contributed by atoms with E-state index in [0.29, 0.717) is 17.5 Å². The van der Waals surface area contributed by atoms with Crippen LogP contribution in [-0.4, -0.2) is 29.4 Å². The largest absolute Gasteiger partial charge is 0.462 e. The summed E-state index contributed by atoms with van der Waals surface area (Å²) >= 11 is 6.06. The zero-order chi connectivity index (χ0) is 17.0. The minimum Gasteiger partial charge on any atom is -0.462 e. The molecule has 0 atom stereocenters. The molecular weight excluding hydrogens is 322 g/mol. The number of halogens is 1. The Kier molecular flexibility index (Phi) is 5.18. The Hall–Kier alpha value is -2.60. The molecule has 2 aromatic rings. The van der Waals surface area contributed by atoms with Gasteiger partial charge in [0.2, 0.25) is 0 Å². The van der Waals surface area contributed by atoms with Crippen molar-refractivity contribution < 1.29 is 23.9 Å².